The molecule has 0 saturated heterocycles. The summed E-state index contributed by atoms with van der Waals surface area (Å²) >= 11 is 0. The smallest absolute Gasteiger partial charge is 0.292 e. The second-order valence-electron chi connectivity index (χ2n) is 3.70. The van der Waals surface area contributed by atoms with Gasteiger partial charge in [-0.15, -0.1) is 0 Å². The number of nitro benzene ring substituents is 1. The number of amides is 1. The first kappa shape index (κ1) is 12.6. The molecule has 0 aliphatic carbocycles. The van der Waals surface area contributed by atoms with E-state index in [0.717, 1.165) is 6.07 Å². The summed E-state index contributed by atoms with van der Waals surface area (Å²) in [6.07, 6.45) is 1.38. The molecule has 1 aromatic carbocycles. The summed E-state index contributed by atoms with van der Waals surface area (Å²) in [5.41, 5.74) is 5.87. The molecule has 0 aliphatic rings. The Balaban J connectivity index is 2.11. The molecule has 0 saturated carbocycles. The van der Waals surface area contributed by atoms with Crippen LogP contribution in [0, 0.1) is 10.1 Å². The Bertz CT molecular complexity index is 609. The Hall–Kier alpha value is -2.90. The summed E-state index contributed by atoms with van der Waals surface area (Å²) in [6.45, 7) is 0.174. The zero-order valence-electron chi connectivity index (χ0n) is 9.70. The highest BCUT2D eigenvalue weighted by Gasteiger charge is 2.15. The molecule has 8 nitrogen and oxygen atoms in total. The van der Waals surface area contributed by atoms with Gasteiger partial charge in [0.15, 0.2) is 0 Å². The van der Waals surface area contributed by atoms with Crippen LogP contribution in [0.1, 0.15) is 16.1 Å². The van der Waals surface area contributed by atoms with Gasteiger partial charge < -0.3 is 15.6 Å². The molecule has 0 aliphatic heterocycles. The standard InChI is InChI=1S/C11H10N4O4/c12-9-2-1-7(5-10(9)15(17)18)11(16)13-6-8-3-4-19-14-8/h1-5H,6,12H2,(H,13,16). The third kappa shape index (κ3) is 2.86. The zero-order valence-corrected chi connectivity index (χ0v) is 9.70. The van der Waals surface area contributed by atoms with Crippen LogP contribution in [-0.4, -0.2) is 16.0 Å². The van der Waals surface area contributed by atoms with Gasteiger partial charge >= 0.3 is 0 Å². The van der Waals surface area contributed by atoms with E-state index in [1.807, 2.05) is 0 Å². The maximum atomic E-state index is 11.8. The molecule has 8 heteroatoms. The molecule has 2 rings (SSSR count). The van der Waals surface area contributed by atoms with E-state index in [2.05, 4.69) is 15.0 Å². The monoisotopic (exact) mass is 262 g/mol. The van der Waals surface area contributed by atoms with Gasteiger partial charge in [0, 0.05) is 17.7 Å². The van der Waals surface area contributed by atoms with Crippen molar-refractivity contribution in [1.82, 2.24) is 10.5 Å². The Morgan fingerprint density at radius 2 is 2.26 bits per heavy atom. The van der Waals surface area contributed by atoms with E-state index in [9.17, 15) is 14.9 Å². The molecule has 1 amide bonds. The average molecular weight is 262 g/mol. The average Bonchev–Trinajstić information content (AvgIpc) is 2.89. The van der Waals surface area contributed by atoms with E-state index in [0.29, 0.717) is 5.69 Å². The summed E-state index contributed by atoms with van der Waals surface area (Å²) in [5, 5.41) is 16.9. The summed E-state index contributed by atoms with van der Waals surface area (Å²) in [4.78, 5) is 21.9. The van der Waals surface area contributed by atoms with Gasteiger partial charge in [-0.1, -0.05) is 5.16 Å². The number of carbonyl (C=O) groups is 1. The minimum absolute atomic E-state index is 0.0121. The van der Waals surface area contributed by atoms with Gasteiger partial charge in [-0.2, -0.15) is 0 Å². The van der Waals surface area contributed by atoms with Crippen molar-refractivity contribution < 1.29 is 14.2 Å². The molecule has 0 bridgehead atoms. The fraction of sp³-hybridized carbons (Fsp3) is 0.0909. The third-order valence-corrected chi connectivity index (χ3v) is 2.41. The van der Waals surface area contributed by atoms with E-state index in [4.69, 9.17) is 5.73 Å². The number of anilines is 1. The molecular weight excluding hydrogens is 252 g/mol. The van der Waals surface area contributed by atoms with Crippen LogP contribution >= 0.6 is 0 Å². The maximum Gasteiger partial charge on any atom is 0.292 e. The van der Waals surface area contributed by atoms with E-state index >= 15 is 0 Å². The molecule has 0 fully saturated rings. The summed E-state index contributed by atoms with van der Waals surface area (Å²) in [7, 11) is 0. The highest BCUT2D eigenvalue weighted by molar-refractivity contribution is 5.95. The van der Waals surface area contributed by atoms with Crippen LogP contribution in [0.5, 0.6) is 0 Å². The zero-order chi connectivity index (χ0) is 13.8. The minimum Gasteiger partial charge on any atom is -0.393 e. The van der Waals surface area contributed by atoms with Crippen molar-refractivity contribution in [2.24, 2.45) is 0 Å². The van der Waals surface area contributed by atoms with Crippen LogP contribution in [0.4, 0.5) is 11.4 Å². The van der Waals surface area contributed by atoms with Crippen molar-refractivity contribution in [2.45, 2.75) is 6.54 Å². The molecule has 19 heavy (non-hydrogen) atoms. The molecule has 0 unspecified atom stereocenters. The number of nitrogens with two attached hydrogens (primary N) is 1. The molecule has 98 valence electrons. The number of hydrogen-bond acceptors (Lipinski definition) is 6. The lowest BCUT2D eigenvalue weighted by Gasteiger charge is -2.04. The van der Waals surface area contributed by atoms with Crippen LogP contribution in [0.2, 0.25) is 0 Å². The molecule has 0 radical (unpaired) electrons. The molecule has 3 N–H and O–H groups in total. The largest absolute Gasteiger partial charge is 0.393 e. The van der Waals surface area contributed by atoms with Gasteiger partial charge in [-0.25, -0.2) is 0 Å². The van der Waals surface area contributed by atoms with E-state index in [1.165, 1.54) is 18.4 Å². The molecule has 0 spiro atoms. The van der Waals surface area contributed by atoms with Crippen LogP contribution in [0.3, 0.4) is 0 Å². The van der Waals surface area contributed by atoms with Crippen LogP contribution in [0.25, 0.3) is 0 Å². The third-order valence-electron chi connectivity index (χ3n) is 2.41. The normalized spacial score (nSPS) is 10.1. The van der Waals surface area contributed by atoms with Gasteiger partial charge in [-0.05, 0) is 12.1 Å². The lowest BCUT2D eigenvalue weighted by Crippen LogP contribution is -2.23. The van der Waals surface area contributed by atoms with Gasteiger partial charge in [-0.3, -0.25) is 14.9 Å². The first-order chi connectivity index (χ1) is 9.08. The lowest BCUT2D eigenvalue weighted by atomic mass is 10.1. The van der Waals surface area contributed by atoms with Gasteiger partial charge in [0.05, 0.1) is 11.5 Å². The second-order valence-corrected chi connectivity index (χ2v) is 3.70. The molecule has 0 atom stereocenters. The number of nitrogens with one attached hydrogen (secondary N) is 1. The van der Waals surface area contributed by atoms with Crippen LogP contribution < -0.4 is 11.1 Å². The molecular formula is C11H10N4O4. The second kappa shape index (κ2) is 5.17. The molecule has 1 aromatic heterocycles. The number of aromatic nitrogens is 1. The number of nitrogen functional groups attached to an aromatic ring is 1. The van der Waals surface area contributed by atoms with Crippen molar-refractivity contribution in [3.63, 3.8) is 0 Å². The SMILES string of the molecule is Nc1ccc(C(=O)NCc2ccon2)cc1[N+](=O)[O-]. The minimum atomic E-state index is -0.635. The Kier molecular flexibility index (Phi) is 3.42. The number of rotatable bonds is 4. The maximum absolute atomic E-state index is 11.8. The molecule has 1 heterocycles. The Morgan fingerprint density at radius 1 is 1.47 bits per heavy atom. The highest BCUT2D eigenvalue weighted by atomic mass is 16.6. The van der Waals surface area contributed by atoms with Crippen molar-refractivity contribution in [2.75, 3.05) is 5.73 Å². The van der Waals surface area contributed by atoms with Crippen molar-refractivity contribution >= 4 is 17.3 Å². The lowest BCUT2D eigenvalue weighted by molar-refractivity contribution is -0.383. The van der Waals surface area contributed by atoms with E-state index in [-0.39, 0.29) is 23.5 Å². The predicted molar refractivity (Wildman–Crippen MR) is 65.2 cm³/mol. The first-order valence-corrected chi connectivity index (χ1v) is 5.29. The Labute approximate surface area is 107 Å². The van der Waals surface area contributed by atoms with Crippen LogP contribution in [-0.2, 0) is 6.54 Å². The number of carbonyl (C=O) groups excluding carboxylic acids is 1. The van der Waals surface area contributed by atoms with Gasteiger partial charge in [0.1, 0.15) is 17.6 Å². The Morgan fingerprint density at radius 3 is 2.89 bits per heavy atom. The highest BCUT2D eigenvalue weighted by Crippen LogP contribution is 2.22. The first-order valence-electron chi connectivity index (χ1n) is 5.29. The predicted octanol–water partition coefficient (Wildman–Crippen LogP) is 1.10. The number of nitro groups is 1. The fourth-order valence-corrected chi connectivity index (χ4v) is 1.44. The number of nitrogens with zero attached hydrogens (tertiary/aromatic N) is 2. The van der Waals surface area contributed by atoms with E-state index in [1.54, 1.807) is 6.07 Å². The quantitative estimate of drug-likeness (QED) is 0.482. The summed E-state index contributed by atoms with van der Waals surface area (Å²) in [5.74, 6) is -0.453. The topological polar surface area (TPSA) is 124 Å². The number of benzene rings is 1. The van der Waals surface area contributed by atoms with Crippen molar-refractivity contribution in [1.29, 1.82) is 0 Å². The van der Waals surface area contributed by atoms with Crippen molar-refractivity contribution in [3.8, 4) is 0 Å². The van der Waals surface area contributed by atoms with Crippen LogP contribution in [0.15, 0.2) is 35.1 Å². The van der Waals surface area contributed by atoms with E-state index < -0.39 is 10.8 Å². The van der Waals surface area contributed by atoms with Crippen molar-refractivity contribution in [3.05, 3.63) is 51.9 Å². The van der Waals surface area contributed by atoms with Gasteiger partial charge in [0.2, 0.25) is 0 Å². The summed E-state index contributed by atoms with van der Waals surface area (Å²) in [6, 6.07) is 5.47. The van der Waals surface area contributed by atoms with Gasteiger partial charge in [0.25, 0.3) is 11.6 Å². The molecule has 2 aromatic rings. The fourth-order valence-electron chi connectivity index (χ4n) is 1.44. The summed E-state index contributed by atoms with van der Waals surface area (Å²) < 4.78 is 4.61. The number of hydrogen-bond donors (Lipinski definition) is 2.